The van der Waals surface area contributed by atoms with Crippen LogP contribution < -0.4 is 0 Å². The van der Waals surface area contributed by atoms with E-state index >= 15 is 0 Å². The predicted octanol–water partition coefficient (Wildman–Crippen LogP) is 1.96. The lowest BCUT2D eigenvalue weighted by Crippen LogP contribution is -2.46. The standard InChI is InChI=1S/C7H20O2Si2/c1-7(11(5,6)8)9-10(2,3)4/h7-8H,1-6H3/t7-/m0/s1. The molecule has 1 N–H and O–H groups in total. The van der Waals surface area contributed by atoms with Crippen molar-refractivity contribution in [3.05, 3.63) is 0 Å². The van der Waals surface area contributed by atoms with Crippen LogP contribution in [0, 0.1) is 0 Å². The summed E-state index contributed by atoms with van der Waals surface area (Å²) in [6, 6.07) is 0. The van der Waals surface area contributed by atoms with Crippen LogP contribution in [0.2, 0.25) is 32.7 Å². The molecule has 0 radical (unpaired) electrons. The summed E-state index contributed by atoms with van der Waals surface area (Å²) >= 11 is 0. The van der Waals surface area contributed by atoms with Crippen molar-refractivity contribution in [2.24, 2.45) is 0 Å². The van der Waals surface area contributed by atoms with Crippen molar-refractivity contribution >= 4 is 16.6 Å². The normalized spacial score (nSPS) is 16.6. The van der Waals surface area contributed by atoms with Crippen molar-refractivity contribution < 1.29 is 9.22 Å². The fraction of sp³-hybridized carbons (Fsp3) is 1.00. The molecule has 0 aliphatic rings. The zero-order valence-corrected chi connectivity index (χ0v) is 10.4. The molecule has 0 fully saturated rings. The maximum absolute atomic E-state index is 9.69. The molecule has 0 unspecified atom stereocenters. The molecule has 0 aromatic carbocycles. The summed E-state index contributed by atoms with van der Waals surface area (Å²) in [6.45, 7) is 12.2. The molecule has 0 saturated carbocycles. The van der Waals surface area contributed by atoms with Crippen LogP contribution in [0.5, 0.6) is 0 Å². The monoisotopic (exact) mass is 192 g/mol. The second-order valence-electron chi connectivity index (χ2n) is 4.53. The Bertz CT molecular complexity index is 123. The molecule has 68 valence electrons. The molecule has 0 rings (SSSR count). The lowest BCUT2D eigenvalue weighted by atomic mass is 10.9. The molecule has 0 bridgehead atoms. The summed E-state index contributed by atoms with van der Waals surface area (Å²) in [5, 5.41) is 0. The fourth-order valence-corrected chi connectivity index (χ4v) is 3.95. The summed E-state index contributed by atoms with van der Waals surface area (Å²) < 4.78 is 5.75. The van der Waals surface area contributed by atoms with E-state index in [9.17, 15) is 4.80 Å². The molecule has 0 aliphatic heterocycles. The van der Waals surface area contributed by atoms with E-state index in [1.165, 1.54) is 0 Å². The van der Waals surface area contributed by atoms with Gasteiger partial charge in [-0.2, -0.15) is 0 Å². The quantitative estimate of drug-likeness (QED) is 0.693. The maximum Gasteiger partial charge on any atom is 0.209 e. The smallest absolute Gasteiger partial charge is 0.209 e. The first-order chi connectivity index (χ1) is 4.63. The third kappa shape index (κ3) is 5.61. The van der Waals surface area contributed by atoms with Gasteiger partial charge in [0.25, 0.3) is 0 Å². The summed E-state index contributed by atoms with van der Waals surface area (Å²) in [5.74, 6) is 0. The van der Waals surface area contributed by atoms with Crippen molar-refractivity contribution in [2.45, 2.75) is 45.4 Å². The summed E-state index contributed by atoms with van der Waals surface area (Å²) in [5.41, 5.74) is 0.0640. The first kappa shape index (κ1) is 11.4. The average molecular weight is 192 g/mol. The van der Waals surface area contributed by atoms with Crippen LogP contribution in [-0.2, 0) is 4.43 Å². The van der Waals surface area contributed by atoms with E-state index in [1.807, 2.05) is 20.0 Å². The molecule has 4 heteroatoms. The highest BCUT2D eigenvalue weighted by molar-refractivity contribution is 6.74. The topological polar surface area (TPSA) is 29.5 Å². The van der Waals surface area contributed by atoms with Gasteiger partial charge in [0.1, 0.15) is 0 Å². The van der Waals surface area contributed by atoms with Gasteiger partial charge in [0, 0.05) is 0 Å². The van der Waals surface area contributed by atoms with Crippen molar-refractivity contribution in [1.29, 1.82) is 0 Å². The maximum atomic E-state index is 9.69. The Morgan fingerprint density at radius 1 is 1.09 bits per heavy atom. The van der Waals surface area contributed by atoms with Crippen molar-refractivity contribution in [2.75, 3.05) is 0 Å². The minimum atomic E-state index is -2.06. The Hall–Kier alpha value is 0.354. The number of hydrogen-bond acceptors (Lipinski definition) is 2. The SMILES string of the molecule is C[C@@H](O[Si](C)(C)C)[Si](C)(C)O. The van der Waals surface area contributed by atoms with Crippen molar-refractivity contribution in [3.8, 4) is 0 Å². The van der Waals surface area contributed by atoms with Crippen LogP contribution >= 0.6 is 0 Å². The van der Waals surface area contributed by atoms with Crippen molar-refractivity contribution in [1.82, 2.24) is 0 Å². The molecule has 11 heavy (non-hydrogen) atoms. The lowest BCUT2D eigenvalue weighted by Gasteiger charge is -2.30. The minimum absolute atomic E-state index is 0.0640. The van der Waals surface area contributed by atoms with E-state index in [4.69, 9.17) is 4.43 Å². The molecule has 0 saturated heterocycles. The summed E-state index contributed by atoms with van der Waals surface area (Å²) in [7, 11) is -3.51. The van der Waals surface area contributed by atoms with Gasteiger partial charge in [0.2, 0.25) is 8.32 Å². The molecule has 0 amide bonds. The second-order valence-corrected chi connectivity index (χ2v) is 13.1. The van der Waals surface area contributed by atoms with E-state index in [1.54, 1.807) is 0 Å². The second kappa shape index (κ2) is 3.39. The molecule has 0 aromatic heterocycles. The van der Waals surface area contributed by atoms with Crippen LogP contribution in [0.15, 0.2) is 0 Å². The lowest BCUT2D eigenvalue weighted by molar-refractivity contribution is 0.258. The summed E-state index contributed by atoms with van der Waals surface area (Å²) in [4.78, 5) is 9.69. The molecule has 0 heterocycles. The molecular weight excluding hydrogens is 172 g/mol. The Kier molecular flexibility index (Phi) is 3.50. The molecular formula is C7H20O2Si2. The van der Waals surface area contributed by atoms with E-state index < -0.39 is 16.6 Å². The molecule has 0 spiro atoms. The van der Waals surface area contributed by atoms with E-state index in [0.29, 0.717) is 0 Å². The highest BCUT2D eigenvalue weighted by Gasteiger charge is 2.30. The third-order valence-electron chi connectivity index (χ3n) is 1.53. The first-order valence-electron chi connectivity index (χ1n) is 4.03. The first-order valence-corrected chi connectivity index (χ1v) is 10.5. The van der Waals surface area contributed by atoms with Crippen LogP contribution in [-0.4, -0.2) is 27.2 Å². The molecule has 0 aromatic rings. The van der Waals surface area contributed by atoms with Crippen LogP contribution in [0.3, 0.4) is 0 Å². The Balaban J connectivity index is 3.99. The zero-order chi connectivity index (χ0) is 9.28. The Morgan fingerprint density at radius 2 is 1.45 bits per heavy atom. The fourth-order valence-electron chi connectivity index (χ4n) is 0.675. The van der Waals surface area contributed by atoms with Crippen LogP contribution in [0.1, 0.15) is 6.92 Å². The van der Waals surface area contributed by atoms with Crippen molar-refractivity contribution in [3.63, 3.8) is 0 Å². The van der Waals surface area contributed by atoms with Crippen LogP contribution in [0.25, 0.3) is 0 Å². The van der Waals surface area contributed by atoms with Gasteiger partial charge in [-0.1, -0.05) is 0 Å². The largest absolute Gasteiger partial charge is 0.430 e. The minimum Gasteiger partial charge on any atom is -0.430 e. The van der Waals surface area contributed by atoms with E-state index in [-0.39, 0.29) is 5.73 Å². The molecule has 1 atom stereocenters. The Labute approximate surface area is 71.8 Å². The van der Waals surface area contributed by atoms with Crippen LogP contribution in [0.4, 0.5) is 0 Å². The van der Waals surface area contributed by atoms with Gasteiger partial charge in [-0.3, -0.25) is 0 Å². The highest BCUT2D eigenvalue weighted by Crippen LogP contribution is 2.14. The average Bonchev–Trinajstić information content (AvgIpc) is 1.56. The number of hydrogen-bond donors (Lipinski definition) is 1. The Morgan fingerprint density at radius 3 is 1.55 bits per heavy atom. The van der Waals surface area contributed by atoms with Gasteiger partial charge in [-0.15, -0.1) is 0 Å². The van der Waals surface area contributed by atoms with Gasteiger partial charge >= 0.3 is 0 Å². The summed E-state index contributed by atoms with van der Waals surface area (Å²) in [6.07, 6.45) is 0. The van der Waals surface area contributed by atoms with Gasteiger partial charge in [-0.25, -0.2) is 0 Å². The van der Waals surface area contributed by atoms with Gasteiger partial charge in [-0.05, 0) is 39.7 Å². The van der Waals surface area contributed by atoms with Gasteiger partial charge in [0.05, 0.1) is 5.73 Å². The van der Waals surface area contributed by atoms with E-state index in [0.717, 1.165) is 0 Å². The predicted molar refractivity (Wildman–Crippen MR) is 53.6 cm³/mol. The zero-order valence-electron chi connectivity index (χ0n) is 8.43. The highest BCUT2D eigenvalue weighted by atomic mass is 28.4. The van der Waals surface area contributed by atoms with Gasteiger partial charge in [0.15, 0.2) is 8.32 Å². The molecule has 2 nitrogen and oxygen atoms in total. The van der Waals surface area contributed by atoms with Gasteiger partial charge < -0.3 is 9.22 Å². The third-order valence-corrected chi connectivity index (χ3v) is 4.93. The molecule has 0 aliphatic carbocycles. The van der Waals surface area contributed by atoms with E-state index in [2.05, 4.69) is 19.6 Å². The number of rotatable bonds is 3.